The van der Waals surface area contributed by atoms with E-state index in [9.17, 15) is 9.59 Å². The number of urea groups is 1. The number of rotatable bonds is 11. The van der Waals surface area contributed by atoms with Gasteiger partial charge in [-0.25, -0.2) is 9.78 Å². The van der Waals surface area contributed by atoms with Crippen LogP contribution >= 0.6 is 0 Å². The summed E-state index contributed by atoms with van der Waals surface area (Å²) in [7, 11) is 1.63. The van der Waals surface area contributed by atoms with E-state index in [0.29, 0.717) is 64.0 Å². The summed E-state index contributed by atoms with van der Waals surface area (Å²) in [6, 6.07) is 9.59. The summed E-state index contributed by atoms with van der Waals surface area (Å²) in [4.78, 5) is 36.6. The van der Waals surface area contributed by atoms with E-state index >= 15 is 0 Å². The molecule has 0 saturated carbocycles. The summed E-state index contributed by atoms with van der Waals surface area (Å²) in [5.41, 5.74) is 2.56. The second-order valence-electron chi connectivity index (χ2n) is 10.2. The van der Waals surface area contributed by atoms with Crippen molar-refractivity contribution in [2.45, 2.75) is 45.7 Å². The molecule has 3 aromatic rings. The van der Waals surface area contributed by atoms with Gasteiger partial charge in [0, 0.05) is 62.3 Å². The third-order valence-electron chi connectivity index (χ3n) is 7.56. The van der Waals surface area contributed by atoms with Crippen LogP contribution in [0.25, 0.3) is 11.0 Å². The highest BCUT2D eigenvalue weighted by Gasteiger charge is 2.28. The molecule has 10 heteroatoms. The third kappa shape index (κ3) is 6.17. The Kier molecular flexibility index (Phi) is 9.05. The Morgan fingerprint density at radius 3 is 2.70 bits per heavy atom. The van der Waals surface area contributed by atoms with Crippen molar-refractivity contribution in [2.75, 3.05) is 58.0 Å². The van der Waals surface area contributed by atoms with E-state index in [0.717, 1.165) is 48.0 Å². The fraction of sp³-hybridized carbons (Fsp3) is 0.500. The molecule has 0 radical (unpaired) electrons. The van der Waals surface area contributed by atoms with Crippen LogP contribution in [0.3, 0.4) is 0 Å². The lowest BCUT2D eigenvalue weighted by atomic mass is 10.1. The predicted octanol–water partition coefficient (Wildman–Crippen LogP) is 4.31. The van der Waals surface area contributed by atoms with Crippen molar-refractivity contribution in [3.05, 3.63) is 48.3 Å². The SMILES string of the molecule is CCCCCOc1cc(N2CCCN(Cc3ccnc4c3ccn4CC(=O)N3CCOCC3)C2=O)ccc1OC. The first kappa shape index (κ1) is 27.8. The minimum absolute atomic E-state index is 0.0414. The topological polar surface area (TPSA) is 89.4 Å². The van der Waals surface area contributed by atoms with Gasteiger partial charge < -0.3 is 28.6 Å². The van der Waals surface area contributed by atoms with Crippen LogP contribution in [0.15, 0.2) is 42.7 Å². The number of amides is 3. The second-order valence-corrected chi connectivity index (χ2v) is 10.2. The zero-order chi connectivity index (χ0) is 27.9. The Balaban J connectivity index is 1.29. The molecule has 2 aliphatic rings. The number of benzene rings is 1. The first-order chi connectivity index (χ1) is 19.6. The standard InChI is InChI=1S/C30H39N5O5/c1-3-4-5-17-40-27-20-24(7-8-26(27)38-2)35-13-6-12-34(30(35)37)21-23-9-11-31-29-25(23)10-14-33(29)22-28(36)32-15-18-39-19-16-32/h7-11,14,20H,3-6,12-13,15-19,21-22H2,1-2H3. The van der Waals surface area contributed by atoms with Crippen molar-refractivity contribution in [3.8, 4) is 11.5 Å². The molecule has 40 heavy (non-hydrogen) atoms. The maximum atomic E-state index is 13.7. The first-order valence-corrected chi connectivity index (χ1v) is 14.2. The Labute approximate surface area is 235 Å². The van der Waals surface area contributed by atoms with E-state index in [4.69, 9.17) is 14.2 Å². The van der Waals surface area contributed by atoms with Gasteiger partial charge in [-0.05, 0) is 42.7 Å². The molecule has 0 N–H and O–H groups in total. The second kappa shape index (κ2) is 13.0. The summed E-state index contributed by atoms with van der Waals surface area (Å²) in [6.45, 7) is 7.17. The van der Waals surface area contributed by atoms with E-state index in [-0.39, 0.29) is 18.5 Å². The average Bonchev–Trinajstić information content (AvgIpc) is 3.40. The van der Waals surface area contributed by atoms with Gasteiger partial charge >= 0.3 is 6.03 Å². The molecule has 1 aromatic carbocycles. The predicted molar refractivity (Wildman–Crippen MR) is 153 cm³/mol. The van der Waals surface area contributed by atoms with Crippen LogP contribution < -0.4 is 14.4 Å². The minimum Gasteiger partial charge on any atom is -0.493 e. The zero-order valence-corrected chi connectivity index (χ0v) is 23.5. The van der Waals surface area contributed by atoms with Gasteiger partial charge in [0.25, 0.3) is 0 Å². The van der Waals surface area contributed by atoms with Crippen molar-refractivity contribution in [1.82, 2.24) is 19.4 Å². The molecule has 2 aromatic heterocycles. The Morgan fingerprint density at radius 2 is 1.90 bits per heavy atom. The van der Waals surface area contributed by atoms with Gasteiger partial charge in [0.1, 0.15) is 12.2 Å². The van der Waals surface area contributed by atoms with E-state index in [1.807, 2.05) is 55.8 Å². The molecule has 2 aliphatic heterocycles. The van der Waals surface area contributed by atoms with Gasteiger partial charge in [-0.2, -0.15) is 0 Å². The number of carbonyl (C=O) groups is 2. The molecule has 2 saturated heterocycles. The molecule has 214 valence electrons. The highest BCUT2D eigenvalue weighted by atomic mass is 16.5. The summed E-state index contributed by atoms with van der Waals surface area (Å²) in [5.74, 6) is 1.38. The lowest BCUT2D eigenvalue weighted by Gasteiger charge is -2.36. The maximum absolute atomic E-state index is 13.7. The van der Waals surface area contributed by atoms with Crippen molar-refractivity contribution in [2.24, 2.45) is 0 Å². The van der Waals surface area contributed by atoms with Gasteiger partial charge in [0.05, 0.1) is 26.9 Å². The summed E-state index contributed by atoms with van der Waals surface area (Å²) >= 11 is 0. The van der Waals surface area contributed by atoms with Crippen LogP contribution in [0.5, 0.6) is 11.5 Å². The minimum atomic E-state index is -0.0414. The number of hydrogen-bond acceptors (Lipinski definition) is 6. The molecule has 3 amide bonds. The summed E-state index contributed by atoms with van der Waals surface area (Å²) < 4.78 is 18.8. The molecule has 0 atom stereocenters. The molecule has 0 unspecified atom stereocenters. The molecular weight excluding hydrogens is 510 g/mol. The first-order valence-electron chi connectivity index (χ1n) is 14.2. The van der Waals surface area contributed by atoms with E-state index < -0.39 is 0 Å². The largest absolute Gasteiger partial charge is 0.493 e. The highest BCUT2D eigenvalue weighted by molar-refractivity contribution is 5.93. The van der Waals surface area contributed by atoms with E-state index in [1.165, 1.54) is 0 Å². The molecule has 0 aliphatic carbocycles. The van der Waals surface area contributed by atoms with Crippen LogP contribution in [-0.2, 0) is 22.6 Å². The van der Waals surface area contributed by atoms with Gasteiger partial charge in [-0.15, -0.1) is 0 Å². The van der Waals surface area contributed by atoms with Crippen LogP contribution in [0.2, 0.25) is 0 Å². The van der Waals surface area contributed by atoms with Crippen LogP contribution in [0.1, 0.15) is 38.2 Å². The average molecular weight is 550 g/mol. The van der Waals surface area contributed by atoms with Crippen molar-refractivity contribution in [3.63, 3.8) is 0 Å². The molecule has 0 spiro atoms. The molecular formula is C30H39N5O5. The number of unbranched alkanes of at least 4 members (excludes halogenated alkanes) is 2. The van der Waals surface area contributed by atoms with Gasteiger partial charge in [0.2, 0.25) is 5.91 Å². The normalized spacial score (nSPS) is 16.1. The van der Waals surface area contributed by atoms with Crippen molar-refractivity contribution in [1.29, 1.82) is 0 Å². The number of morpholine rings is 1. The van der Waals surface area contributed by atoms with E-state index in [2.05, 4.69) is 11.9 Å². The number of anilines is 1. The molecule has 2 fully saturated rings. The summed E-state index contributed by atoms with van der Waals surface area (Å²) in [6.07, 6.45) is 7.73. The molecule has 5 rings (SSSR count). The van der Waals surface area contributed by atoms with Gasteiger partial charge in [-0.1, -0.05) is 19.8 Å². The Hall–Kier alpha value is -3.79. The quantitative estimate of drug-likeness (QED) is 0.331. The van der Waals surface area contributed by atoms with E-state index in [1.54, 1.807) is 13.3 Å². The number of carbonyl (C=O) groups excluding carboxylic acids is 2. The van der Waals surface area contributed by atoms with Crippen molar-refractivity contribution >= 4 is 28.7 Å². The number of nitrogens with zero attached hydrogens (tertiary/aromatic N) is 5. The molecule has 10 nitrogen and oxygen atoms in total. The zero-order valence-electron chi connectivity index (χ0n) is 23.5. The maximum Gasteiger partial charge on any atom is 0.324 e. The number of hydrogen-bond donors (Lipinski definition) is 0. The molecule has 4 heterocycles. The number of ether oxygens (including phenoxy) is 3. The fourth-order valence-electron chi connectivity index (χ4n) is 5.32. The highest BCUT2D eigenvalue weighted by Crippen LogP contribution is 2.33. The van der Waals surface area contributed by atoms with Crippen LogP contribution in [-0.4, -0.2) is 84.4 Å². The number of fused-ring (bicyclic) bond motifs is 1. The smallest absolute Gasteiger partial charge is 0.324 e. The van der Waals surface area contributed by atoms with Crippen LogP contribution in [0, 0.1) is 0 Å². The number of aromatic nitrogens is 2. The van der Waals surface area contributed by atoms with Crippen LogP contribution in [0.4, 0.5) is 10.5 Å². The fourth-order valence-corrected chi connectivity index (χ4v) is 5.32. The monoisotopic (exact) mass is 549 g/mol. The Bertz CT molecular complexity index is 1320. The van der Waals surface area contributed by atoms with Crippen molar-refractivity contribution < 1.29 is 23.8 Å². The summed E-state index contributed by atoms with van der Waals surface area (Å²) in [5, 5.41) is 0.953. The van der Waals surface area contributed by atoms with Gasteiger partial charge in [0.15, 0.2) is 11.5 Å². The lowest BCUT2D eigenvalue weighted by Crippen LogP contribution is -2.49. The molecule has 0 bridgehead atoms. The van der Waals surface area contributed by atoms with Gasteiger partial charge in [-0.3, -0.25) is 9.69 Å². The Morgan fingerprint density at radius 1 is 1.05 bits per heavy atom. The number of methoxy groups -OCH3 is 1. The number of pyridine rings is 1. The third-order valence-corrected chi connectivity index (χ3v) is 7.56. The lowest BCUT2D eigenvalue weighted by molar-refractivity contribution is -0.135.